The fourth-order valence-electron chi connectivity index (χ4n) is 4.77. The summed E-state index contributed by atoms with van der Waals surface area (Å²) in [5.41, 5.74) is -1.78. The summed E-state index contributed by atoms with van der Waals surface area (Å²) in [7, 11) is 0. The van der Waals surface area contributed by atoms with E-state index in [4.69, 9.17) is 4.74 Å². The summed E-state index contributed by atoms with van der Waals surface area (Å²) in [6, 6.07) is 0. The van der Waals surface area contributed by atoms with Gasteiger partial charge < -0.3 is 4.74 Å². The first-order valence-electron chi connectivity index (χ1n) is 11.9. The van der Waals surface area contributed by atoms with Gasteiger partial charge in [-0.3, -0.25) is 4.79 Å². The van der Waals surface area contributed by atoms with Gasteiger partial charge in [-0.25, -0.2) is 8.78 Å². The molecule has 0 aliphatic heterocycles. The highest BCUT2D eigenvalue weighted by Crippen LogP contribution is 2.38. The summed E-state index contributed by atoms with van der Waals surface area (Å²) in [5, 5.41) is 0. The Kier molecular flexibility index (Phi) is 10.5. The number of hydrogen-bond acceptors (Lipinski definition) is 2. The van der Waals surface area contributed by atoms with E-state index in [1.54, 1.807) is 0 Å². The van der Waals surface area contributed by atoms with Crippen molar-refractivity contribution in [3.8, 4) is 0 Å². The van der Waals surface area contributed by atoms with E-state index in [-0.39, 0.29) is 18.1 Å². The smallest absolute Gasteiger partial charge is 0.191 e. The van der Waals surface area contributed by atoms with Crippen LogP contribution in [0.3, 0.4) is 0 Å². The normalized spacial score (nSPS) is 29.7. The van der Waals surface area contributed by atoms with Gasteiger partial charge in [0.05, 0.1) is 0 Å². The third kappa shape index (κ3) is 7.01. The zero-order valence-electron chi connectivity index (χ0n) is 18.4. The molecule has 2 aliphatic rings. The van der Waals surface area contributed by atoms with E-state index in [9.17, 15) is 13.6 Å². The Hall–Kier alpha value is -1.03. The zero-order valence-corrected chi connectivity index (χ0v) is 18.4. The molecule has 0 bridgehead atoms. The van der Waals surface area contributed by atoms with Gasteiger partial charge in [-0.15, -0.1) is 0 Å². The van der Waals surface area contributed by atoms with Gasteiger partial charge in [-0.05, 0) is 43.3 Å². The molecule has 0 heterocycles. The zero-order chi connectivity index (χ0) is 21.1. The SMILES string of the molecule is CCCCCCCCOC1(C(=O)C[C@H]2CC[C@H](CCC)CC2)C=CC=C(F)C1F. The highest BCUT2D eigenvalue weighted by atomic mass is 19.2. The Morgan fingerprint density at radius 1 is 1.03 bits per heavy atom. The molecule has 2 unspecified atom stereocenters. The molecule has 2 nitrogen and oxygen atoms in total. The van der Waals surface area contributed by atoms with Crippen LogP contribution < -0.4 is 0 Å². The monoisotopic (exact) mass is 410 g/mol. The van der Waals surface area contributed by atoms with Crippen LogP contribution >= 0.6 is 0 Å². The molecule has 29 heavy (non-hydrogen) atoms. The highest BCUT2D eigenvalue weighted by molar-refractivity contribution is 5.91. The first-order valence-corrected chi connectivity index (χ1v) is 11.9. The molecule has 0 radical (unpaired) electrons. The molecule has 4 heteroatoms. The molecule has 0 aromatic rings. The number of allylic oxidation sites excluding steroid dienone is 2. The van der Waals surface area contributed by atoms with Gasteiger partial charge in [0.1, 0.15) is 5.83 Å². The molecular weight excluding hydrogens is 370 g/mol. The number of carbonyl (C=O) groups excluding carboxylic acids is 1. The van der Waals surface area contributed by atoms with Crippen LogP contribution in [0.5, 0.6) is 0 Å². The average Bonchev–Trinajstić information content (AvgIpc) is 2.72. The molecule has 2 aliphatic carbocycles. The number of halogens is 2. The Bertz CT molecular complexity index is 549. The second-order valence-corrected chi connectivity index (χ2v) is 8.99. The fraction of sp³-hybridized carbons (Fsp3) is 0.800. The molecule has 1 saturated carbocycles. The van der Waals surface area contributed by atoms with Crippen LogP contribution in [-0.2, 0) is 9.53 Å². The molecule has 1 fully saturated rings. The first kappa shape index (κ1) is 24.2. The highest BCUT2D eigenvalue weighted by Gasteiger charge is 2.49. The minimum Gasteiger partial charge on any atom is -0.359 e. The second-order valence-electron chi connectivity index (χ2n) is 8.99. The number of carbonyl (C=O) groups is 1. The standard InChI is InChI=1S/C25H40F2O2/c1-3-5-6-7-8-9-18-29-25(17-10-12-22(26)24(25)27)23(28)19-21-15-13-20(11-4-2)14-16-21/h10,12,17,20-21,24H,3-9,11,13-16,18-19H2,1-2H3/t20-,21-,24?,25?. The molecule has 2 atom stereocenters. The van der Waals surface area contributed by atoms with Gasteiger partial charge in [0.15, 0.2) is 17.6 Å². The van der Waals surface area contributed by atoms with Crippen molar-refractivity contribution >= 4 is 5.78 Å². The predicted octanol–water partition coefficient (Wildman–Crippen LogP) is 7.43. The lowest BCUT2D eigenvalue weighted by molar-refractivity contribution is -0.147. The van der Waals surface area contributed by atoms with Crippen molar-refractivity contribution in [2.24, 2.45) is 11.8 Å². The number of Topliss-reactive ketones (excluding diaryl/α,β-unsaturated/α-hetero) is 1. The second kappa shape index (κ2) is 12.6. The Labute approximate surface area is 176 Å². The van der Waals surface area contributed by atoms with E-state index in [0.717, 1.165) is 56.9 Å². The maximum Gasteiger partial charge on any atom is 0.191 e. The van der Waals surface area contributed by atoms with E-state index >= 15 is 0 Å². The quantitative estimate of drug-likeness (QED) is 0.295. The van der Waals surface area contributed by atoms with Crippen LogP contribution in [0.2, 0.25) is 0 Å². The van der Waals surface area contributed by atoms with E-state index in [1.165, 1.54) is 44.3 Å². The molecule has 0 N–H and O–H groups in total. The number of alkyl halides is 1. The summed E-state index contributed by atoms with van der Waals surface area (Å²) in [6.07, 6.45) is 15.4. The Morgan fingerprint density at radius 2 is 1.69 bits per heavy atom. The van der Waals surface area contributed by atoms with Crippen LogP contribution in [0.25, 0.3) is 0 Å². The van der Waals surface area contributed by atoms with Gasteiger partial charge in [0, 0.05) is 13.0 Å². The number of rotatable bonds is 13. The lowest BCUT2D eigenvalue weighted by atomic mass is 9.75. The summed E-state index contributed by atoms with van der Waals surface area (Å²) in [6.45, 7) is 4.67. The molecule has 0 spiro atoms. The van der Waals surface area contributed by atoms with E-state index in [0.29, 0.717) is 6.61 Å². The molecule has 166 valence electrons. The number of unbranched alkanes of at least 4 members (excludes halogenated alkanes) is 5. The van der Waals surface area contributed by atoms with E-state index in [1.807, 2.05) is 0 Å². The summed E-state index contributed by atoms with van der Waals surface area (Å²) < 4.78 is 34.8. The van der Waals surface area contributed by atoms with Gasteiger partial charge in [-0.2, -0.15) is 0 Å². The van der Waals surface area contributed by atoms with E-state index in [2.05, 4.69) is 13.8 Å². The van der Waals surface area contributed by atoms with Crippen LogP contribution in [0.4, 0.5) is 8.78 Å². The lowest BCUT2D eigenvalue weighted by Crippen LogP contribution is -2.50. The molecule has 2 rings (SSSR count). The molecule has 0 saturated heterocycles. The van der Waals surface area contributed by atoms with Crippen LogP contribution in [0.15, 0.2) is 24.1 Å². The third-order valence-corrected chi connectivity index (χ3v) is 6.63. The molecule has 0 aromatic heterocycles. The van der Waals surface area contributed by atoms with Crippen LogP contribution in [-0.4, -0.2) is 24.2 Å². The van der Waals surface area contributed by atoms with Crippen molar-refractivity contribution < 1.29 is 18.3 Å². The Balaban J connectivity index is 1.91. The molecular formula is C25H40F2O2. The van der Waals surface area contributed by atoms with Crippen molar-refractivity contribution in [3.63, 3.8) is 0 Å². The average molecular weight is 411 g/mol. The topological polar surface area (TPSA) is 26.3 Å². The van der Waals surface area contributed by atoms with Crippen molar-refractivity contribution in [1.82, 2.24) is 0 Å². The minimum atomic E-state index is -2.03. The summed E-state index contributed by atoms with van der Waals surface area (Å²) >= 11 is 0. The number of ketones is 1. The predicted molar refractivity (Wildman–Crippen MR) is 115 cm³/mol. The molecule has 0 amide bonds. The van der Waals surface area contributed by atoms with Crippen molar-refractivity contribution in [2.45, 2.75) is 109 Å². The van der Waals surface area contributed by atoms with Crippen molar-refractivity contribution in [3.05, 3.63) is 24.1 Å². The van der Waals surface area contributed by atoms with Gasteiger partial charge in [0.2, 0.25) is 0 Å². The van der Waals surface area contributed by atoms with Crippen molar-refractivity contribution in [1.29, 1.82) is 0 Å². The third-order valence-electron chi connectivity index (χ3n) is 6.63. The van der Waals surface area contributed by atoms with Crippen LogP contribution in [0.1, 0.15) is 97.3 Å². The number of ether oxygens (including phenoxy) is 1. The maximum absolute atomic E-state index is 14.9. The lowest BCUT2D eigenvalue weighted by Gasteiger charge is -2.36. The molecule has 0 aromatic carbocycles. The first-order chi connectivity index (χ1) is 14.0. The van der Waals surface area contributed by atoms with Gasteiger partial charge in [0.25, 0.3) is 0 Å². The van der Waals surface area contributed by atoms with E-state index < -0.39 is 17.6 Å². The van der Waals surface area contributed by atoms with Gasteiger partial charge >= 0.3 is 0 Å². The minimum absolute atomic E-state index is 0.264. The number of hydrogen-bond donors (Lipinski definition) is 0. The maximum atomic E-state index is 14.9. The summed E-state index contributed by atoms with van der Waals surface area (Å²) in [5.74, 6) is -0.183. The fourth-order valence-corrected chi connectivity index (χ4v) is 4.77. The largest absolute Gasteiger partial charge is 0.359 e. The van der Waals surface area contributed by atoms with Gasteiger partial charge in [-0.1, -0.05) is 77.7 Å². The van der Waals surface area contributed by atoms with Crippen molar-refractivity contribution in [2.75, 3.05) is 6.61 Å². The van der Waals surface area contributed by atoms with Crippen LogP contribution in [0, 0.1) is 11.8 Å². The Morgan fingerprint density at radius 3 is 2.38 bits per heavy atom. The summed E-state index contributed by atoms with van der Waals surface area (Å²) in [4.78, 5) is 13.1.